The molecule has 0 spiro atoms. The number of para-hydroxylation sites is 1. The van der Waals surface area contributed by atoms with Crippen molar-refractivity contribution in [1.29, 1.82) is 0 Å². The molecule has 5 nitrogen and oxygen atoms in total. The second kappa shape index (κ2) is 6.18. The third-order valence-corrected chi connectivity index (χ3v) is 4.67. The summed E-state index contributed by atoms with van der Waals surface area (Å²) in [5.74, 6) is 0.883. The highest BCUT2D eigenvalue weighted by molar-refractivity contribution is 6.32. The van der Waals surface area contributed by atoms with E-state index in [0.29, 0.717) is 6.04 Å². The molecule has 3 heterocycles. The number of hydrogen-bond donors (Lipinski definition) is 2. The summed E-state index contributed by atoms with van der Waals surface area (Å²) in [5.41, 5.74) is 2.36. The molecule has 0 saturated carbocycles. The molecule has 23 heavy (non-hydrogen) atoms. The molecule has 0 aliphatic carbocycles. The zero-order valence-corrected chi connectivity index (χ0v) is 13.4. The highest BCUT2D eigenvalue weighted by atomic mass is 35.5. The molecule has 6 heteroatoms. The molecule has 4 rings (SSSR count). The molecule has 1 aliphatic rings. The summed E-state index contributed by atoms with van der Waals surface area (Å²) in [4.78, 5) is 6.65. The molecule has 1 aliphatic heterocycles. The third kappa shape index (κ3) is 2.90. The fourth-order valence-corrected chi connectivity index (χ4v) is 3.40. The summed E-state index contributed by atoms with van der Waals surface area (Å²) in [7, 11) is 0. The van der Waals surface area contributed by atoms with Gasteiger partial charge in [0.05, 0.1) is 16.7 Å². The molecule has 1 atom stereocenters. The van der Waals surface area contributed by atoms with Crippen molar-refractivity contribution in [1.82, 2.24) is 20.5 Å². The quantitative estimate of drug-likeness (QED) is 0.773. The van der Waals surface area contributed by atoms with E-state index in [-0.39, 0.29) is 0 Å². The first-order chi connectivity index (χ1) is 11.3. The van der Waals surface area contributed by atoms with E-state index in [1.807, 2.05) is 18.3 Å². The van der Waals surface area contributed by atoms with Gasteiger partial charge in [-0.1, -0.05) is 29.8 Å². The molecule has 3 aromatic rings. The van der Waals surface area contributed by atoms with E-state index in [1.54, 1.807) is 6.20 Å². The number of halogens is 1. The molecular formula is C17H18ClN5. The van der Waals surface area contributed by atoms with Gasteiger partial charge in [-0.25, -0.2) is 4.98 Å². The fourth-order valence-electron chi connectivity index (χ4n) is 3.16. The van der Waals surface area contributed by atoms with Crippen molar-refractivity contribution in [2.45, 2.75) is 19.0 Å². The normalized spacial score (nSPS) is 18.0. The van der Waals surface area contributed by atoms with Crippen molar-refractivity contribution in [3.8, 4) is 0 Å². The summed E-state index contributed by atoms with van der Waals surface area (Å²) in [6, 6.07) is 10.5. The number of nitrogens with one attached hydrogen (secondary N) is 2. The number of aromatic amines is 1. The molecule has 0 radical (unpaired) electrons. The Morgan fingerprint density at radius 2 is 2.26 bits per heavy atom. The first-order valence-corrected chi connectivity index (χ1v) is 8.19. The molecule has 118 valence electrons. The summed E-state index contributed by atoms with van der Waals surface area (Å²) < 4.78 is 0. The van der Waals surface area contributed by atoms with Crippen LogP contribution in [0.1, 0.15) is 12.0 Å². The number of H-pyrrole nitrogens is 1. The summed E-state index contributed by atoms with van der Waals surface area (Å²) >= 11 is 6.24. The number of benzene rings is 1. The van der Waals surface area contributed by atoms with Crippen molar-refractivity contribution >= 4 is 28.3 Å². The lowest BCUT2D eigenvalue weighted by molar-refractivity contribution is 0.552. The van der Waals surface area contributed by atoms with E-state index in [1.165, 1.54) is 5.56 Å². The average Bonchev–Trinajstić information content (AvgIpc) is 3.22. The molecule has 2 aromatic heterocycles. The van der Waals surface area contributed by atoms with Crippen molar-refractivity contribution in [2.75, 3.05) is 18.0 Å². The maximum Gasteiger partial charge on any atom is 0.147 e. The average molecular weight is 328 g/mol. The van der Waals surface area contributed by atoms with Gasteiger partial charge in [-0.15, -0.1) is 0 Å². The Bertz CT molecular complexity index is 815. The van der Waals surface area contributed by atoms with E-state index < -0.39 is 0 Å². The standard InChI is InChI=1S/C17H18ClN5/c18-15-5-2-7-19-17(15)23-8-6-14(11-23)20-9-12-3-1-4-13-10-21-22-16(12)13/h1-5,7,10,14,20H,6,8-9,11H2,(H,21,22)/t14-/m0/s1. The highest BCUT2D eigenvalue weighted by Crippen LogP contribution is 2.26. The van der Waals surface area contributed by atoms with Crippen LogP contribution in [0.25, 0.3) is 10.9 Å². The van der Waals surface area contributed by atoms with Crippen LogP contribution in [0, 0.1) is 0 Å². The minimum atomic E-state index is 0.436. The lowest BCUT2D eigenvalue weighted by Crippen LogP contribution is -2.32. The van der Waals surface area contributed by atoms with Gasteiger partial charge in [0, 0.05) is 37.3 Å². The Kier molecular flexibility index (Phi) is 3.89. The third-order valence-electron chi connectivity index (χ3n) is 4.37. The van der Waals surface area contributed by atoms with Gasteiger partial charge in [0.25, 0.3) is 0 Å². The maximum atomic E-state index is 6.24. The largest absolute Gasteiger partial charge is 0.354 e. The fraction of sp³-hybridized carbons (Fsp3) is 0.294. The van der Waals surface area contributed by atoms with Crippen LogP contribution in [0.15, 0.2) is 42.7 Å². The Labute approximate surface area is 139 Å². The van der Waals surface area contributed by atoms with Crippen molar-refractivity contribution in [3.05, 3.63) is 53.3 Å². The first kappa shape index (κ1) is 14.5. The lowest BCUT2D eigenvalue weighted by Gasteiger charge is -2.19. The van der Waals surface area contributed by atoms with Gasteiger partial charge in [-0.05, 0) is 24.1 Å². The number of hydrogen-bond acceptors (Lipinski definition) is 4. The van der Waals surface area contributed by atoms with Crippen LogP contribution in [-0.2, 0) is 6.54 Å². The lowest BCUT2D eigenvalue weighted by atomic mass is 10.1. The van der Waals surface area contributed by atoms with E-state index in [2.05, 4.69) is 43.6 Å². The molecular weight excluding hydrogens is 310 g/mol. The predicted molar refractivity (Wildman–Crippen MR) is 92.8 cm³/mol. The second-order valence-corrected chi connectivity index (χ2v) is 6.28. The highest BCUT2D eigenvalue weighted by Gasteiger charge is 2.24. The van der Waals surface area contributed by atoms with Crippen LogP contribution in [-0.4, -0.2) is 34.3 Å². The minimum Gasteiger partial charge on any atom is -0.354 e. The Balaban J connectivity index is 1.41. The van der Waals surface area contributed by atoms with Gasteiger partial charge in [-0.3, -0.25) is 5.10 Å². The maximum absolute atomic E-state index is 6.24. The van der Waals surface area contributed by atoms with Crippen LogP contribution in [0.2, 0.25) is 5.02 Å². The zero-order chi connectivity index (χ0) is 15.6. The Morgan fingerprint density at radius 3 is 3.17 bits per heavy atom. The number of anilines is 1. The van der Waals surface area contributed by atoms with Crippen molar-refractivity contribution in [3.63, 3.8) is 0 Å². The molecule has 0 unspecified atom stereocenters. The van der Waals surface area contributed by atoms with Crippen LogP contribution >= 0.6 is 11.6 Å². The van der Waals surface area contributed by atoms with E-state index in [4.69, 9.17) is 11.6 Å². The van der Waals surface area contributed by atoms with E-state index in [0.717, 1.165) is 47.8 Å². The van der Waals surface area contributed by atoms with Gasteiger partial charge in [-0.2, -0.15) is 5.10 Å². The Hall–Kier alpha value is -2.11. The van der Waals surface area contributed by atoms with Crippen LogP contribution in [0.5, 0.6) is 0 Å². The second-order valence-electron chi connectivity index (χ2n) is 5.87. The zero-order valence-electron chi connectivity index (χ0n) is 12.7. The summed E-state index contributed by atoms with van der Waals surface area (Å²) in [6.07, 6.45) is 4.74. The van der Waals surface area contributed by atoms with Crippen LogP contribution in [0.4, 0.5) is 5.82 Å². The molecule has 1 aromatic carbocycles. The van der Waals surface area contributed by atoms with Gasteiger partial charge in [0.1, 0.15) is 5.82 Å². The van der Waals surface area contributed by atoms with E-state index >= 15 is 0 Å². The summed E-state index contributed by atoms with van der Waals surface area (Å²) in [6.45, 7) is 2.73. The molecule has 1 saturated heterocycles. The van der Waals surface area contributed by atoms with Gasteiger partial charge >= 0.3 is 0 Å². The minimum absolute atomic E-state index is 0.436. The number of aromatic nitrogens is 3. The predicted octanol–water partition coefficient (Wildman–Crippen LogP) is 2.98. The SMILES string of the molecule is Clc1cccnc1N1CC[C@H](NCc2cccc3cn[nH]c23)C1. The van der Waals surface area contributed by atoms with Gasteiger partial charge < -0.3 is 10.2 Å². The molecule has 0 bridgehead atoms. The van der Waals surface area contributed by atoms with Crippen LogP contribution < -0.4 is 10.2 Å². The molecule has 1 fully saturated rings. The topological polar surface area (TPSA) is 56.8 Å². The summed E-state index contributed by atoms with van der Waals surface area (Å²) in [5, 5.41) is 12.7. The van der Waals surface area contributed by atoms with E-state index in [9.17, 15) is 0 Å². The number of fused-ring (bicyclic) bond motifs is 1. The van der Waals surface area contributed by atoms with Gasteiger partial charge in [0.15, 0.2) is 0 Å². The number of nitrogens with zero attached hydrogens (tertiary/aromatic N) is 3. The molecule has 2 N–H and O–H groups in total. The molecule has 0 amide bonds. The first-order valence-electron chi connectivity index (χ1n) is 7.81. The van der Waals surface area contributed by atoms with Crippen molar-refractivity contribution < 1.29 is 0 Å². The number of rotatable bonds is 4. The van der Waals surface area contributed by atoms with Crippen molar-refractivity contribution in [2.24, 2.45) is 0 Å². The van der Waals surface area contributed by atoms with Gasteiger partial charge in [0.2, 0.25) is 0 Å². The number of pyridine rings is 1. The smallest absolute Gasteiger partial charge is 0.147 e. The Morgan fingerprint density at radius 1 is 1.30 bits per heavy atom. The monoisotopic (exact) mass is 327 g/mol. The van der Waals surface area contributed by atoms with Crippen LogP contribution in [0.3, 0.4) is 0 Å².